The second kappa shape index (κ2) is 9.74. The maximum atomic E-state index is 13.8. The van der Waals surface area contributed by atoms with Crippen LogP contribution in [0.4, 0.5) is 0 Å². The first-order valence-electron chi connectivity index (χ1n) is 12.3. The van der Waals surface area contributed by atoms with Crippen molar-refractivity contribution in [2.45, 2.75) is 66.2 Å². The van der Waals surface area contributed by atoms with Gasteiger partial charge < -0.3 is 13.9 Å². The number of fused-ring (bicyclic) bond motifs is 2. The van der Waals surface area contributed by atoms with Gasteiger partial charge in [-0.2, -0.15) is 0 Å². The fourth-order valence-electron chi connectivity index (χ4n) is 5.40. The highest BCUT2D eigenvalue weighted by atomic mass is 79.9. The van der Waals surface area contributed by atoms with Crippen LogP contribution >= 0.6 is 17.0 Å². The first-order valence-corrected chi connectivity index (χ1v) is 12.3. The van der Waals surface area contributed by atoms with Gasteiger partial charge in [0, 0.05) is 5.56 Å². The summed E-state index contributed by atoms with van der Waals surface area (Å²) in [6.45, 7) is 11.1. The van der Waals surface area contributed by atoms with Crippen molar-refractivity contribution in [1.82, 2.24) is 9.13 Å². The summed E-state index contributed by atoms with van der Waals surface area (Å²) in [5, 5.41) is 8.98. The van der Waals surface area contributed by atoms with Crippen molar-refractivity contribution in [3.05, 3.63) is 93.6 Å². The van der Waals surface area contributed by atoms with E-state index in [-0.39, 0.29) is 34.9 Å². The molecule has 0 aliphatic carbocycles. The molecular formula is C30H34BrN3O2. The molecule has 5 nitrogen and oxygen atoms in total. The van der Waals surface area contributed by atoms with Crippen LogP contribution in [0.1, 0.15) is 58.4 Å². The molecule has 0 fully saturated rings. The number of para-hydroxylation sites is 2. The Hall–Kier alpha value is -3.12. The Bertz CT molecular complexity index is 1510. The van der Waals surface area contributed by atoms with Crippen LogP contribution in [0.2, 0.25) is 0 Å². The second-order valence-electron chi connectivity index (χ2n) is 10.3. The van der Waals surface area contributed by atoms with Gasteiger partial charge in [-0.3, -0.25) is 10.2 Å². The molecule has 0 saturated carbocycles. The van der Waals surface area contributed by atoms with E-state index in [0.717, 1.165) is 63.0 Å². The Morgan fingerprint density at radius 1 is 0.917 bits per heavy atom. The number of benzene rings is 3. The van der Waals surface area contributed by atoms with E-state index < -0.39 is 0 Å². The third kappa shape index (κ3) is 4.43. The van der Waals surface area contributed by atoms with Crippen LogP contribution < -0.4 is 10.4 Å². The summed E-state index contributed by atoms with van der Waals surface area (Å²) in [6, 6.07) is 18.1. The number of halogens is 1. The summed E-state index contributed by atoms with van der Waals surface area (Å²) in [5.74, 6) is 0.984. The molecule has 0 spiro atoms. The monoisotopic (exact) mass is 547 g/mol. The minimum atomic E-state index is -0.196. The molecule has 0 radical (unpaired) electrons. The van der Waals surface area contributed by atoms with E-state index in [0.29, 0.717) is 12.2 Å². The predicted octanol–water partition coefficient (Wildman–Crippen LogP) is 6.46. The number of ether oxygens (including phenoxy) is 1. The van der Waals surface area contributed by atoms with Crippen LogP contribution in [0.25, 0.3) is 11.0 Å². The maximum Gasteiger partial charge on any atom is 0.203 e. The lowest BCUT2D eigenvalue weighted by Crippen LogP contribution is -2.34. The summed E-state index contributed by atoms with van der Waals surface area (Å²) >= 11 is 0. The van der Waals surface area contributed by atoms with Crippen molar-refractivity contribution < 1.29 is 9.53 Å². The normalized spacial score (nSPS) is 14.1. The number of carbonyl (C=O) groups excluding carboxylic acids is 1. The van der Waals surface area contributed by atoms with Gasteiger partial charge in [-0.1, -0.05) is 42.5 Å². The number of ketones is 1. The summed E-state index contributed by atoms with van der Waals surface area (Å²) in [6.07, 6.45) is 1.83. The van der Waals surface area contributed by atoms with E-state index in [1.165, 1.54) is 0 Å². The summed E-state index contributed by atoms with van der Waals surface area (Å²) < 4.78 is 10.2. The Labute approximate surface area is 223 Å². The van der Waals surface area contributed by atoms with Crippen molar-refractivity contribution in [1.29, 1.82) is 5.41 Å². The molecule has 0 bridgehead atoms. The van der Waals surface area contributed by atoms with E-state index in [1.807, 2.05) is 65.4 Å². The van der Waals surface area contributed by atoms with Gasteiger partial charge >= 0.3 is 0 Å². The third-order valence-corrected chi connectivity index (χ3v) is 7.47. The van der Waals surface area contributed by atoms with Gasteiger partial charge in [0.1, 0.15) is 11.4 Å². The zero-order valence-corrected chi connectivity index (χ0v) is 23.4. The van der Waals surface area contributed by atoms with Crippen LogP contribution in [-0.2, 0) is 19.5 Å². The van der Waals surface area contributed by atoms with Crippen molar-refractivity contribution >= 4 is 33.8 Å². The Balaban J connectivity index is 0.00000304. The van der Waals surface area contributed by atoms with E-state index in [2.05, 4.69) is 32.9 Å². The Morgan fingerprint density at radius 2 is 1.53 bits per heavy atom. The van der Waals surface area contributed by atoms with Gasteiger partial charge in [-0.05, 0) is 87.4 Å². The first-order chi connectivity index (χ1) is 16.7. The Morgan fingerprint density at radius 3 is 2.19 bits per heavy atom. The molecular weight excluding hydrogens is 514 g/mol. The highest BCUT2D eigenvalue weighted by Gasteiger charge is 2.32. The molecule has 6 heteroatoms. The van der Waals surface area contributed by atoms with Gasteiger partial charge in [-0.15, -0.1) is 17.0 Å². The quantitative estimate of drug-likeness (QED) is 0.291. The number of hydrogen-bond acceptors (Lipinski definition) is 3. The van der Waals surface area contributed by atoms with Crippen molar-refractivity contribution in [2.24, 2.45) is 0 Å². The molecule has 5 rings (SSSR count). The lowest BCUT2D eigenvalue weighted by molar-refractivity contribution is 0.0832. The van der Waals surface area contributed by atoms with E-state index in [1.54, 1.807) is 0 Å². The lowest BCUT2D eigenvalue weighted by atomic mass is 9.84. The molecule has 188 valence electrons. The van der Waals surface area contributed by atoms with Gasteiger partial charge in [0.15, 0.2) is 5.78 Å². The fourth-order valence-corrected chi connectivity index (χ4v) is 5.40. The molecule has 0 saturated heterocycles. The second-order valence-corrected chi connectivity index (χ2v) is 10.3. The van der Waals surface area contributed by atoms with E-state index in [9.17, 15) is 4.79 Å². The topological polar surface area (TPSA) is 60.0 Å². The molecule has 4 aromatic rings. The minimum Gasteiger partial charge on any atom is -0.487 e. The number of carbonyl (C=O) groups is 1. The average Bonchev–Trinajstić information content (AvgIpc) is 3.09. The molecule has 0 unspecified atom stereocenters. The maximum absolute atomic E-state index is 13.8. The van der Waals surface area contributed by atoms with E-state index >= 15 is 0 Å². The van der Waals surface area contributed by atoms with Crippen molar-refractivity contribution in [2.75, 3.05) is 0 Å². The molecule has 0 amide bonds. The number of hydrogen-bond donors (Lipinski definition) is 1. The van der Waals surface area contributed by atoms with Crippen LogP contribution in [0.15, 0.2) is 54.6 Å². The number of imidazole rings is 1. The molecule has 3 aromatic carbocycles. The number of nitrogens with one attached hydrogen (secondary N) is 1. The van der Waals surface area contributed by atoms with Crippen molar-refractivity contribution in [3.63, 3.8) is 0 Å². The molecule has 36 heavy (non-hydrogen) atoms. The molecule has 1 aromatic heterocycles. The smallest absolute Gasteiger partial charge is 0.203 e. The largest absolute Gasteiger partial charge is 0.487 e. The van der Waals surface area contributed by atoms with Crippen LogP contribution in [0.3, 0.4) is 0 Å². The van der Waals surface area contributed by atoms with Crippen molar-refractivity contribution in [3.8, 4) is 5.75 Å². The molecule has 1 aliphatic heterocycles. The van der Waals surface area contributed by atoms with Gasteiger partial charge in [0.25, 0.3) is 0 Å². The molecule has 0 atom stereocenters. The zero-order chi connectivity index (χ0) is 24.9. The SMILES string of the molecule is Br.Cc1c(C)c(C(=O)Cn2c(=N)n(Cc3ccccc3)c3ccccc32)c(C)c2c1OC(C)(C)CC2. The van der Waals surface area contributed by atoms with Crippen LogP contribution in [0, 0.1) is 26.2 Å². The number of aromatic nitrogens is 2. The lowest BCUT2D eigenvalue weighted by Gasteiger charge is -2.35. The Kier molecular flexibility index (Phi) is 7.02. The minimum absolute atomic E-state index is 0. The van der Waals surface area contributed by atoms with Crippen LogP contribution in [-0.4, -0.2) is 20.5 Å². The van der Waals surface area contributed by atoms with Gasteiger partial charge in [-0.25, -0.2) is 0 Å². The first kappa shape index (κ1) is 26.0. The third-order valence-electron chi connectivity index (χ3n) is 7.47. The average molecular weight is 549 g/mol. The molecule has 1 aliphatic rings. The predicted molar refractivity (Wildman–Crippen MR) is 150 cm³/mol. The summed E-state index contributed by atoms with van der Waals surface area (Å²) in [4.78, 5) is 13.8. The molecule has 1 N–H and O–H groups in total. The number of rotatable bonds is 5. The summed E-state index contributed by atoms with van der Waals surface area (Å²) in [5.41, 5.74) is 8.08. The van der Waals surface area contributed by atoms with Gasteiger partial charge in [0.05, 0.1) is 24.1 Å². The van der Waals surface area contributed by atoms with Gasteiger partial charge in [0.2, 0.25) is 5.62 Å². The van der Waals surface area contributed by atoms with E-state index in [4.69, 9.17) is 10.1 Å². The highest BCUT2D eigenvalue weighted by molar-refractivity contribution is 8.93. The number of Topliss-reactive ketones (excluding diaryl/α,β-unsaturated/α-hetero) is 1. The fraction of sp³-hybridized carbons (Fsp3) is 0.333. The number of nitrogens with zero attached hydrogens (tertiary/aromatic N) is 2. The standard InChI is InChI=1S/C30H33N3O2.BrH/c1-19-20(2)28-23(15-16-30(4,5)35-28)21(3)27(19)26(34)18-33-25-14-10-9-13-24(25)32(29(33)31)17-22-11-7-6-8-12-22;/h6-14,31H,15-18H2,1-5H3;1H. The highest BCUT2D eigenvalue weighted by Crippen LogP contribution is 2.41. The van der Waals surface area contributed by atoms with Crippen LogP contribution in [0.5, 0.6) is 5.75 Å². The molecule has 2 heterocycles. The zero-order valence-electron chi connectivity index (χ0n) is 21.6. The summed E-state index contributed by atoms with van der Waals surface area (Å²) in [7, 11) is 0.